The van der Waals surface area contributed by atoms with E-state index in [0.29, 0.717) is 18.0 Å². The zero-order valence-corrected chi connectivity index (χ0v) is 13.0. The van der Waals surface area contributed by atoms with Crippen LogP contribution in [0.15, 0.2) is 24.3 Å². The van der Waals surface area contributed by atoms with Crippen molar-refractivity contribution >= 4 is 5.69 Å². The fourth-order valence-corrected chi connectivity index (χ4v) is 3.07. The van der Waals surface area contributed by atoms with Crippen LogP contribution in [0.2, 0.25) is 0 Å². The molecule has 3 N–H and O–H groups in total. The molecule has 1 aromatic carbocycles. The first-order valence-corrected chi connectivity index (χ1v) is 7.61. The predicted molar refractivity (Wildman–Crippen MR) is 84.5 cm³/mol. The van der Waals surface area contributed by atoms with Crippen LogP contribution in [-0.2, 0) is 0 Å². The van der Waals surface area contributed by atoms with Gasteiger partial charge in [0.05, 0.1) is 6.10 Å². The van der Waals surface area contributed by atoms with Gasteiger partial charge in [0.1, 0.15) is 0 Å². The van der Waals surface area contributed by atoms with Gasteiger partial charge in [0, 0.05) is 18.3 Å². The fourth-order valence-electron chi connectivity index (χ4n) is 3.07. The molecule has 20 heavy (non-hydrogen) atoms. The van der Waals surface area contributed by atoms with E-state index in [2.05, 4.69) is 25.8 Å². The minimum atomic E-state index is -0.435. The van der Waals surface area contributed by atoms with Crippen molar-refractivity contribution in [2.45, 2.75) is 51.7 Å². The number of hydrogen-bond acceptors (Lipinski definition) is 3. The standard InChI is InChI=1S/C17H28N2O/c1-17(2)10-8-15(9-11-17)19(3)12-16(20)13-4-6-14(18)7-5-13/h4-7,15-16,20H,8-12,18H2,1-3H3. The number of anilines is 1. The van der Waals surface area contributed by atoms with Crippen molar-refractivity contribution in [1.29, 1.82) is 0 Å². The van der Waals surface area contributed by atoms with Crippen LogP contribution in [-0.4, -0.2) is 29.6 Å². The van der Waals surface area contributed by atoms with E-state index in [9.17, 15) is 5.11 Å². The van der Waals surface area contributed by atoms with Crippen molar-refractivity contribution in [2.24, 2.45) is 5.41 Å². The molecule has 0 saturated heterocycles. The highest BCUT2D eigenvalue weighted by molar-refractivity contribution is 5.39. The maximum absolute atomic E-state index is 10.3. The molecule has 0 spiro atoms. The number of likely N-dealkylation sites (N-methyl/N-ethyl adjacent to an activating group) is 1. The van der Waals surface area contributed by atoms with Gasteiger partial charge in [-0.3, -0.25) is 0 Å². The molecule has 1 fully saturated rings. The number of rotatable bonds is 4. The minimum absolute atomic E-state index is 0.435. The molecule has 3 heteroatoms. The summed E-state index contributed by atoms with van der Waals surface area (Å²) in [6, 6.07) is 8.13. The van der Waals surface area contributed by atoms with Crippen LogP contribution >= 0.6 is 0 Å². The fraction of sp³-hybridized carbons (Fsp3) is 0.647. The molecule has 3 nitrogen and oxygen atoms in total. The summed E-state index contributed by atoms with van der Waals surface area (Å²) < 4.78 is 0. The third-order valence-corrected chi connectivity index (χ3v) is 4.71. The largest absolute Gasteiger partial charge is 0.399 e. The van der Waals surface area contributed by atoms with E-state index in [4.69, 9.17) is 5.73 Å². The van der Waals surface area contributed by atoms with Gasteiger partial charge >= 0.3 is 0 Å². The number of nitrogens with two attached hydrogens (primary N) is 1. The lowest BCUT2D eigenvalue weighted by Crippen LogP contribution is -2.39. The van der Waals surface area contributed by atoms with Crippen LogP contribution in [0.3, 0.4) is 0 Å². The zero-order valence-electron chi connectivity index (χ0n) is 13.0. The van der Waals surface area contributed by atoms with Gasteiger partial charge in [-0.1, -0.05) is 26.0 Å². The van der Waals surface area contributed by atoms with Crippen molar-refractivity contribution in [2.75, 3.05) is 19.3 Å². The monoisotopic (exact) mass is 276 g/mol. The van der Waals surface area contributed by atoms with Crippen molar-refractivity contribution < 1.29 is 5.11 Å². The molecule has 1 atom stereocenters. The third-order valence-electron chi connectivity index (χ3n) is 4.71. The number of benzene rings is 1. The van der Waals surface area contributed by atoms with Gasteiger partial charge in [-0.15, -0.1) is 0 Å². The minimum Gasteiger partial charge on any atom is -0.399 e. The molecule has 1 aliphatic rings. The summed E-state index contributed by atoms with van der Waals surface area (Å²) in [5, 5.41) is 10.3. The lowest BCUT2D eigenvalue weighted by molar-refractivity contribution is 0.0722. The third kappa shape index (κ3) is 3.97. The molecule has 1 aliphatic carbocycles. The molecule has 0 amide bonds. The number of nitrogen functional groups attached to an aromatic ring is 1. The van der Waals surface area contributed by atoms with Crippen molar-refractivity contribution in [3.05, 3.63) is 29.8 Å². The summed E-state index contributed by atoms with van der Waals surface area (Å²) in [6.07, 6.45) is 4.59. The summed E-state index contributed by atoms with van der Waals surface area (Å²) >= 11 is 0. The highest BCUT2D eigenvalue weighted by Gasteiger charge is 2.29. The van der Waals surface area contributed by atoms with Crippen LogP contribution < -0.4 is 5.73 Å². The van der Waals surface area contributed by atoms with Gasteiger partial charge in [-0.2, -0.15) is 0 Å². The highest BCUT2D eigenvalue weighted by Crippen LogP contribution is 2.36. The average molecular weight is 276 g/mol. The molecule has 112 valence electrons. The lowest BCUT2D eigenvalue weighted by atomic mass is 9.75. The maximum Gasteiger partial charge on any atom is 0.0916 e. The summed E-state index contributed by atoms with van der Waals surface area (Å²) in [6.45, 7) is 5.40. The van der Waals surface area contributed by atoms with Gasteiger partial charge in [0.25, 0.3) is 0 Å². The van der Waals surface area contributed by atoms with E-state index < -0.39 is 6.10 Å². The van der Waals surface area contributed by atoms with E-state index in [1.54, 1.807) is 0 Å². The highest BCUT2D eigenvalue weighted by atomic mass is 16.3. The lowest BCUT2D eigenvalue weighted by Gasteiger charge is -2.39. The molecule has 0 radical (unpaired) electrons. The van der Waals surface area contributed by atoms with E-state index in [1.807, 2.05) is 24.3 Å². The number of aliphatic hydroxyl groups excluding tert-OH is 1. The molecular formula is C17H28N2O. The van der Waals surface area contributed by atoms with E-state index in [0.717, 1.165) is 11.3 Å². The first kappa shape index (κ1) is 15.3. The van der Waals surface area contributed by atoms with Gasteiger partial charge < -0.3 is 15.7 Å². The van der Waals surface area contributed by atoms with Crippen LogP contribution in [0.1, 0.15) is 51.2 Å². The first-order chi connectivity index (χ1) is 9.37. The normalized spacial score (nSPS) is 21.1. The predicted octanol–water partition coefficient (Wildman–Crippen LogP) is 3.20. The maximum atomic E-state index is 10.3. The second-order valence-corrected chi connectivity index (χ2v) is 7.02. The Morgan fingerprint density at radius 1 is 1.25 bits per heavy atom. The van der Waals surface area contributed by atoms with Crippen molar-refractivity contribution in [3.8, 4) is 0 Å². The molecular weight excluding hydrogens is 248 g/mol. The van der Waals surface area contributed by atoms with Crippen LogP contribution in [0, 0.1) is 5.41 Å². The molecule has 1 aromatic rings. The Morgan fingerprint density at radius 2 is 1.80 bits per heavy atom. The van der Waals surface area contributed by atoms with Crippen LogP contribution in [0.4, 0.5) is 5.69 Å². The van der Waals surface area contributed by atoms with Crippen LogP contribution in [0.5, 0.6) is 0 Å². The van der Waals surface area contributed by atoms with E-state index in [-0.39, 0.29) is 0 Å². The molecule has 0 aromatic heterocycles. The topological polar surface area (TPSA) is 49.5 Å². The van der Waals surface area contributed by atoms with E-state index in [1.165, 1.54) is 25.7 Å². The van der Waals surface area contributed by atoms with Crippen LogP contribution in [0.25, 0.3) is 0 Å². The Balaban J connectivity index is 1.88. The van der Waals surface area contributed by atoms with Gasteiger partial charge in [-0.25, -0.2) is 0 Å². The number of aliphatic hydroxyl groups is 1. The molecule has 0 heterocycles. The summed E-state index contributed by atoms with van der Waals surface area (Å²) in [4.78, 5) is 2.32. The molecule has 2 rings (SSSR count). The Kier molecular flexibility index (Phi) is 4.71. The molecule has 0 bridgehead atoms. The summed E-state index contributed by atoms with van der Waals surface area (Å²) in [5.74, 6) is 0. The second-order valence-electron chi connectivity index (χ2n) is 7.02. The van der Waals surface area contributed by atoms with Gasteiger partial charge in [0.15, 0.2) is 0 Å². The average Bonchev–Trinajstić information content (AvgIpc) is 2.39. The Hall–Kier alpha value is -1.06. The first-order valence-electron chi connectivity index (χ1n) is 7.61. The summed E-state index contributed by atoms with van der Waals surface area (Å²) in [5.41, 5.74) is 7.86. The molecule has 1 unspecified atom stereocenters. The zero-order chi connectivity index (χ0) is 14.8. The van der Waals surface area contributed by atoms with E-state index >= 15 is 0 Å². The quantitative estimate of drug-likeness (QED) is 0.830. The summed E-state index contributed by atoms with van der Waals surface area (Å²) in [7, 11) is 2.13. The Labute approximate surface area is 122 Å². The molecule has 0 aliphatic heterocycles. The van der Waals surface area contributed by atoms with Crippen molar-refractivity contribution in [3.63, 3.8) is 0 Å². The molecule has 1 saturated carbocycles. The van der Waals surface area contributed by atoms with Crippen molar-refractivity contribution in [1.82, 2.24) is 4.90 Å². The smallest absolute Gasteiger partial charge is 0.0916 e. The Morgan fingerprint density at radius 3 is 2.35 bits per heavy atom. The van der Waals surface area contributed by atoms with Gasteiger partial charge in [-0.05, 0) is 55.8 Å². The number of nitrogens with zero attached hydrogens (tertiary/aromatic N) is 1. The van der Waals surface area contributed by atoms with Gasteiger partial charge in [0.2, 0.25) is 0 Å². The second kappa shape index (κ2) is 6.15. The Bertz CT molecular complexity index is 417. The SMILES string of the molecule is CN(CC(O)c1ccc(N)cc1)C1CCC(C)(C)CC1. The number of hydrogen-bond donors (Lipinski definition) is 2.